The van der Waals surface area contributed by atoms with Gasteiger partial charge in [-0.25, -0.2) is 4.39 Å². The van der Waals surface area contributed by atoms with Crippen molar-refractivity contribution in [3.05, 3.63) is 34.6 Å². The molecular formula is C11H15ClFNS. The Balaban J connectivity index is 2.48. The summed E-state index contributed by atoms with van der Waals surface area (Å²) in [6, 6.07) is 4.89. The Morgan fingerprint density at radius 1 is 1.47 bits per heavy atom. The summed E-state index contributed by atoms with van der Waals surface area (Å²) in [4.78, 5) is 0. The molecule has 0 saturated heterocycles. The number of thioether (sulfide) groups is 1. The van der Waals surface area contributed by atoms with E-state index in [1.165, 1.54) is 6.07 Å². The molecule has 1 aromatic carbocycles. The average molecular weight is 248 g/mol. The maximum Gasteiger partial charge on any atom is 0.142 e. The fourth-order valence-corrected chi connectivity index (χ4v) is 2.22. The normalized spacial score (nSPS) is 11.8. The molecule has 0 aliphatic carbocycles. The first kappa shape index (κ1) is 12.8. The van der Waals surface area contributed by atoms with E-state index in [1.54, 1.807) is 17.8 Å². The highest BCUT2D eigenvalue weighted by Crippen LogP contribution is 2.20. The SMILES string of the molecule is CC(C)(N)CSCc1ccc(Cl)c(F)c1. The van der Waals surface area contributed by atoms with E-state index in [2.05, 4.69) is 0 Å². The first-order chi connectivity index (χ1) is 6.88. The molecule has 84 valence electrons. The van der Waals surface area contributed by atoms with E-state index in [1.807, 2.05) is 19.9 Å². The number of hydrogen-bond donors (Lipinski definition) is 1. The van der Waals surface area contributed by atoms with Crippen molar-refractivity contribution < 1.29 is 4.39 Å². The number of benzene rings is 1. The van der Waals surface area contributed by atoms with Crippen molar-refractivity contribution in [1.29, 1.82) is 0 Å². The number of hydrogen-bond acceptors (Lipinski definition) is 2. The first-order valence-corrected chi connectivity index (χ1v) is 6.22. The molecule has 0 aromatic heterocycles. The topological polar surface area (TPSA) is 26.0 Å². The second-order valence-electron chi connectivity index (χ2n) is 4.23. The van der Waals surface area contributed by atoms with E-state index >= 15 is 0 Å². The summed E-state index contributed by atoms with van der Waals surface area (Å²) in [6.07, 6.45) is 0. The van der Waals surface area contributed by atoms with Gasteiger partial charge in [-0.1, -0.05) is 17.7 Å². The maximum atomic E-state index is 13.1. The molecule has 0 aliphatic rings. The third-order valence-electron chi connectivity index (χ3n) is 1.73. The number of nitrogens with two attached hydrogens (primary N) is 1. The largest absolute Gasteiger partial charge is 0.325 e. The van der Waals surface area contributed by atoms with Crippen LogP contribution in [0, 0.1) is 5.82 Å². The van der Waals surface area contributed by atoms with Crippen molar-refractivity contribution in [2.75, 3.05) is 5.75 Å². The van der Waals surface area contributed by atoms with Crippen LogP contribution in [0.5, 0.6) is 0 Å². The van der Waals surface area contributed by atoms with Crippen LogP contribution in [0.2, 0.25) is 5.02 Å². The molecule has 0 unspecified atom stereocenters. The zero-order valence-corrected chi connectivity index (χ0v) is 10.5. The third kappa shape index (κ3) is 4.87. The summed E-state index contributed by atoms with van der Waals surface area (Å²) < 4.78 is 13.1. The molecule has 0 radical (unpaired) electrons. The molecule has 4 heteroatoms. The predicted molar refractivity (Wildman–Crippen MR) is 65.8 cm³/mol. The quantitative estimate of drug-likeness (QED) is 0.882. The van der Waals surface area contributed by atoms with Gasteiger partial charge in [-0.3, -0.25) is 0 Å². The standard InChI is InChI=1S/C11H15ClFNS/c1-11(2,14)7-15-6-8-3-4-9(12)10(13)5-8/h3-5H,6-7,14H2,1-2H3. The van der Waals surface area contributed by atoms with Crippen LogP contribution in [0.1, 0.15) is 19.4 Å². The summed E-state index contributed by atoms with van der Waals surface area (Å²) in [5.41, 5.74) is 6.59. The van der Waals surface area contributed by atoms with Gasteiger partial charge >= 0.3 is 0 Å². The van der Waals surface area contributed by atoms with Gasteiger partial charge in [0, 0.05) is 17.0 Å². The fourth-order valence-electron chi connectivity index (χ4n) is 1.06. The Kier molecular flexibility index (Phi) is 4.44. The van der Waals surface area contributed by atoms with Crippen LogP contribution in [-0.4, -0.2) is 11.3 Å². The lowest BCUT2D eigenvalue weighted by atomic mass is 10.1. The Morgan fingerprint density at radius 3 is 2.67 bits per heavy atom. The van der Waals surface area contributed by atoms with Crippen molar-refractivity contribution in [3.8, 4) is 0 Å². The number of halogens is 2. The minimum atomic E-state index is -0.359. The summed E-state index contributed by atoms with van der Waals surface area (Å²) in [5.74, 6) is 1.24. The van der Waals surface area contributed by atoms with Crippen molar-refractivity contribution in [2.24, 2.45) is 5.73 Å². The smallest absolute Gasteiger partial charge is 0.142 e. The lowest BCUT2D eigenvalue weighted by Crippen LogP contribution is -2.34. The molecule has 0 heterocycles. The van der Waals surface area contributed by atoms with Gasteiger partial charge in [0.25, 0.3) is 0 Å². The Bertz CT molecular complexity index is 336. The molecule has 0 spiro atoms. The van der Waals surface area contributed by atoms with E-state index in [0.29, 0.717) is 0 Å². The van der Waals surface area contributed by atoms with Crippen LogP contribution in [-0.2, 0) is 5.75 Å². The van der Waals surface area contributed by atoms with E-state index < -0.39 is 0 Å². The average Bonchev–Trinajstić information content (AvgIpc) is 2.09. The van der Waals surface area contributed by atoms with Gasteiger partial charge in [-0.15, -0.1) is 0 Å². The molecule has 0 amide bonds. The zero-order chi connectivity index (χ0) is 11.5. The highest BCUT2D eigenvalue weighted by atomic mass is 35.5. The van der Waals surface area contributed by atoms with Gasteiger partial charge in [-0.05, 0) is 31.5 Å². The first-order valence-electron chi connectivity index (χ1n) is 4.69. The lowest BCUT2D eigenvalue weighted by Gasteiger charge is -2.17. The van der Waals surface area contributed by atoms with E-state index in [-0.39, 0.29) is 16.4 Å². The summed E-state index contributed by atoms with van der Waals surface area (Å²) >= 11 is 7.28. The molecule has 1 rings (SSSR count). The Labute approximate surface area is 99.2 Å². The van der Waals surface area contributed by atoms with Gasteiger partial charge in [0.2, 0.25) is 0 Å². The summed E-state index contributed by atoms with van der Waals surface area (Å²) in [5, 5.41) is 0.169. The molecule has 0 aliphatic heterocycles. The number of rotatable bonds is 4. The van der Waals surface area contributed by atoms with Gasteiger partial charge < -0.3 is 5.73 Å². The molecule has 1 nitrogen and oxygen atoms in total. The van der Waals surface area contributed by atoms with Gasteiger partial charge in [0.1, 0.15) is 5.82 Å². The summed E-state index contributed by atoms with van der Waals surface area (Å²) in [6.45, 7) is 3.95. The molecule has 0 fully saturated rings. The zero-order valence-electron chi connectivity index (χ0n) is 8.89. The fraction of sp³-hybridized carbons (Fsp3) is 0.455. The molecule has 15 heavy (non-hydrogen) atoms. The lowest BCUT2D eigenvalue weighted by molar-refractivity contribution is 0.591. The van der Waals surface area contributed by atoms with Crippen LogP contribution >= 0.6 is 23.4 Å². The molecule has 0 bridgehead atoms. The molecular weight excluding hydrogens is 233 g/mol. The highest BCUT2D eigenvalue weighted by molar-refractivity contribution is 7.98. The van der Waals surface area contributed by atoms with Crippen LogP contribution in [0.4, 0.5) is 4.39 Å². The highest BCUT2D eigenvalue weighted by Gasteiger charge is 2.10. The van der Waals surface area contributed by atoms with Gasteiger partial charge in [0.15, 0.2) is 0 Å². The van der Waals surface area contributed by atoms with Crippen LogP contribution in [0.3, 0.4) is 0 Å². The molecule has 1 aromatic rings. The summed E-state index contributed by atoms with van der Waals surface area (Å²) in [7, 11) is 0. The Morgan fingerprint density at radius 2 is 2.13 bits per heavy atom. The van der Waals surface area contributed by atoms with Crippen LogP contribution in [0.25, 0.3) is 0 Å². The third-order valence-corrected chi connectivity index (χ3v) is 3.52. The second kappa shape index (κ2) is 5.19. The Hall–Kier alpha value is -0.250. The molecule has 0 atom stereocenters. The molecule has 2 N–H and O–H groups in total. The predicted octanol–water partition coefficient (Wildman–Crippen LogP) is 3.45. The van der Waals surface area contributed by atoms with Crippen LogP contribution in [0.15, 0.2) is 18.2 Å². The van der Waals surface area contributed by atoms with E-state index in [9.17, 15) is 4.39 Å². The molecule has 0 saturated carbocycles. The minimum absolute atomic E-state index is 0.169. The van der Waals surface area contributed by atoms with Crippen molar-refractivity contribution in [1.82, 2.24) is 0 Å². The van der Waals surface area contributed by atoms with Crippen molar-refractivity contribution in [2.45, 2.75) is 25.1 Å². The monoisotopic (exact) mass is 247 g/mol. The minimum Gasteiger partial charge on any atom is -0.325 e. The van der Waals surface area contributed by atoms with Gasteiger partial charge in [0.05, 0.1) is 5.02 Å². The van der Waals surface area contributed by atoms with Crippen LogP contribution < -0.4 is 5.73 Å². The van der Waals surface area contributed by atoms with E-state index in [0.717, 1.165) is 17.1 Å². The van der Waals surface area contributed by atoms with Gasteiger partial charge in [-0.2, -0.15) is 11.8 Å². The van der Waals surface area contributed by atoms with Crippen molar-refractivity contribution in [3.63, 3.8) is 0 Å². The second-order valence-corrected chi connectivity index (χ2v) is 5.62. The van der Waals surface area contributed by atoms with E-state index in [4.69, 9.17) is 17.3 Å². The van der Waals surface area contributed by atoms with Crippen molar-refractivity contribution >= 4 is 23.4 Å². The maximum absolute atomic E-state index is 13.1.